The Morgan fingerprint density at radius 2 is 2.00 bits per heavy atom. The molecule has 0 radical (unpaired) electrons. The number of benzene rings is 2. The normalized spacial score (nSPS) is 14.8. The Morgan fingerprint density at radius 1 is 1.20 bits per heavy atom. The maximum absolute atomic E-state index is 13.9. The summed E-state index contributed by atoms with van der Waals surface area (Å²) in [5, 5.41) is 0.561. The summed E-state index contributed by atoms with van der Waals surface area (Å²) < 4.78 is 32.9. The molecule has 2 aromatic rings. The van der Waals surface area contributed by atoms with Crippen LogP contribution in [0.1, 0.15) is 21.5 Å². The third-order valence-electron chi connectivity index (χ3n) is 3.30. The van der Waals surface area contributed by atoms with E-state index in [9.17, 15) is 8.78 Å². The molecule has 1 heterocycles. The van der Waals surface area contributed by atoms with Crippen molar-refractivity contribution in [3.05, 3.63) is 63.7 Å². The van der Waals surface area contributed by atoms with Crippen LogP contribution in [0.25, 0.3) is 0 Å². The predicted octanol–water partition coefficient (Wildman–Crippen LogP) is 5.04. The number of hydrogen-bond donors (Lipinski definition) is 0. The van der Waals surface area contributed by atoms with Crippen molar-refractivity contribution in [1.82, 2.24) is 0 Å². The van der Waals surface area contributed by atoms with E-state index in [4.69, 9.17) is 16.3 Å². The van der Waals surface area contributed by atoms with Gasteiger partial charge in [0.25, 0.3) is 0 Å². The highest BCUT2D eigenvalue weighted by molar-refractivity contribution is 9.09. The number of ether oxygens (including phenoxy) is 1. The zero-order valence-electron chi connectivity index (χ0n) is 10.3. The Bertz CT molecular complexity index is 675. The van der Waals surface area contributed by atoms with Gasteiger partial charge >= 0.3 is 0 Å². The molecule has 0 aliphatic carbocycles. The second kappa shape index (κ2) is 5.34. The number of halogens is 4. The lowest BCUT2D eigenvalue weighted by atomic mass is 10.0. The first-order valence-corrected chi connectivity index (χ1v) is 7.40. The molecule has 1 nitrogen and oxygen atoms in total. The van der Waals surface area contributed by atoms with E-state index in [-0.39, 0.29) is 5.56 Å². The quantitative estimate of drug-likeness (QED) is 0.683. The van der Waals surface area contributed by atoms with Crippen LogP contribution in [0.3, 0.4) is 0 Å². The van der Waals surface area contributed by atoms with Crippen LogP contribution >= 0.6 is 27.5 Å². The summed E-state index contributed by atoms with van der Waals surface area (Å²) in [7, 11) is 0. The molecule has 0 saturated heterocycles. The fourth-order valence-electron chi connectivity index (χ4n) is 2.37. The molecule has 3 rings (SSSR count). The van der Waals surface area contributed by atoms with Crippen molar-refractivity contribution in [1.29, 1.82) is 0 Å². The highest BCUT2D eigenvalue weighted by atomic mass is 79.9. The molecule has 0 N–H and O–H groups in total. The maximum atomic E-state index is 13.9. The maximum Gasteiger partial charge on any atom is 0.163 e. The van der Waals surface area contributed by atoms with Crippen molar-refractivity contribution >= 4 is 27.5 Å². The molecule has 20 heavy (non-hydrogen) atoms. The third-order valence-corrected chi connectivity index (χ3v) is 4.51. The molecule has 1 atom stereocenters. The van der Waals surface area contributed by atoms with Gasteiger partial charge in [-0.05, 0) is 23.8 Å². The Balaban J connectivity index is 2.11. The average molecular weight is 360 g/mol. The van der Waals surface area contributed by atoms with Crippen molar-refractivity contribution in [2.75, 3.05) is 6.61 Å². The van der Waals surface area contributed by atoms with Gasteiger partial charge in [0, 0.05) is 22.6 Å². The molecular formula is C15H10BrClF2O. The second-order valence-corrected chi connectivity index (χ2v) is 5.94. The average Bonchev–Trinajstić information content (AvgIpc) is 2.88. The molecule has 2 aromatic carbocycles. The van der Waals surface area contributed by atoms with Crippen molar-refractivity contribution < 1.29 is 13.5 Å². The lowest BCUT2D eigenvalue weighted by molar-refractivity contribution is 0.353. The van der Waals surface area contributed by atoms with Crippen molar-refractivity contribution in [3.63, 3.8) is 0 Å². The molecule has 1 unspecified atom stereocenters. The van der Waals surface area contributed by atoms with Crippen LogP contribution in [-0.2, 0) is 6.42 Å². The summed E-state index contributed by atoms with van der Waals surface area (Å²) in [4.78, 5) is -0.510. The van der Waals surface area contributed by atoms with E-state index in [1.165, 1.54) is 6.07 Å². The minimum Gasteiger partial charge on any atom is -0.493 e. The van der Waals surface area contributed by atoms with Crippen LogP contribution in [0.5, 0.6) is 5.75 Å². The van der Waals surface area contributed by atoms with Gasteiger partial charge in [-0.25, -0.2) is 8.78 Å². The molecule has 0 fully saturated rings. The largest absolute Gasteiger partial charge is 0.493 e. The number of hydrogen-bond acceptors (Lipinski definition) is 1. The first kappa shape index (κ1) is 13.8. The molecule has 1 aliphatic heterocycles. The van der Waals surface area contributed by atoms with Crippen molar-refractivity contribution in [2.45, 2.75) is 11.2 Å². The number of alkyl halides is 1. The monoisotopic (exact) mass is 358 g/mol. The third kappa shape index (κ3) is 2.31. The number of rotatable bonds is 2. The van der Waals surface area contributed by atoms with Crippen LogP contribution in [0.15, 0.2) is 30.3 Å². The zero-order chi connectivity index (χ0) is 14.3. The first-order chi connectivity index (χ1) is 9.58. The number of fused-ring (bicyclic) bond motifs is 1. The van der Waals surface area contributed by atoms with Crippen molar-refractivity contribution in [2.24, 2.45) is 0 Å². The Hall–Kier alpha value is -1.13. The van der Waals surface area contributed by atoms with E-state index < -0.39 is 16.5 Å². The van der Waals surface area contributed by atoms with Crippen LogP contribution < -0.4 is 4.74 Å². The standard InChI is InChI=1S/C15H10BrClF2O/c16-13(10-2-1-3-12(18)14(10)19)11-7-9(17)6-8-4-5-20-15(8)11/h1-3,6-7,13H,4-5H2. The van der Waals surface area contributed by atoms with Crippen LogP contribution in [0.2, 0.25) is 5.02 Å². The van der Waals surface area contributed by atoms with Gasteiger partial charge in [0.15, 0.2) is 11.6 Å². The van der Waals surface area contributed by atoms with Crippen LogP contribution in [0, 0.1) is 11.6 Å². The summed E-state index contributed by atoms with van der Waals surface area (Å²) in [6, 6.07) is 7.68. The Kier molecular flexibility index (Phi) is 3.69. The van der Waals surface area contributed by atoms with Crippen LogP contribution in [0.4, 0.5) is 8.78 Å². The summed E-state index contributed by atoms with van der Waals surface area (Å²) in [5.41, 5.74) is 1.94. The molecule has 1 aliphatic rings. The highest BCUT2D eigenvalue weighted by Crippen LogP contribution is 2.43. The molecule has 0 bridgehead atoms. The van der Waals surface area contributed by atoms with E-state index in [1.54, 1.807) is 12.1 Å². The molecule has 0 amide bonds. The van der Waals surface area contributed by atoms with Gasteiger partial charge in [-0.2, -0.15) is 0 Å². The fourth-order valence-corrected chi connectivity index (χ4v) is 3.31. The molecule has 104 valence electrons. The minimum absolute atomic E-state index is 0.227. The highest BCUT2D eigenvalue weighted by Gasteiger charge is 2.25. The van der Waals surface area contributed by atoms with E-state index >= 15 is 0 Å². The van der Waals surface area contributed by atoms with Gasteiger partial charge in [-0.1, -0.05) is 39.7 Å². The summed E-state index contributed by atoms with van der Waals surface area (Å²) in [6.45, 7) is 0.577. The lowest BCUT2D eigenvalue weighted by Gasteiger charge is -2.16. The van der Waals surface area contributed by atoms with E-state index in [2.05, 4.69) is 15.9 Å². The SMILES string of the molecule is Fc1cccc(C(Br)c2cc(Cl)cc3c2OCC3)c1F. The van der Waals surface area contributed by atoms with Gasteiger partial charge in [-0.3, -0.25) is 0 Å². The summed E-state index contributed by atoms with van der Waals surface area (Å²) in [6.07, 6.45) is 0.772. The van der Waals surface area contributed by atoms with Crippen molar-refractivity contribution in [3.8, 4) is 5.75 Å². The molecule has 0 aromatic heterocycles. The first-order valence-electron chi connectivity index (χ1n) is 6.11. The zero-order valence-corrected chi connectivity index (χ0v) is 12.6. The molecule has 0 spiro atoms. The van der Waals surface area contributed by atoms with Gasteiger partial charge in [0.2, 0.25) is 0 Å². The Labute approximate surface area is 128 Å². The van der Waals surface area contributed by atoms with Gasteiger partial charge in [-0.15, -0.1) is 0 Å². The molecule has 0 saturated carbocycles. The predicted molar refractivity (Wildman–Crippen MR) is 77.8 cm³/mol. The van der Waals surface area contributed by atoms with E-state index in [1.807, 2.05) is 6.07 Å². The Morgan fingerprint density at radius 3 is 2.80 bits per heavy atom. The van der Waals surface area contributed by atoms with Crippen LogP contribution in [-0.4, -0.2) is 6.61 Å². The molecule has 5 heteroatoms. The van der Waals surface area contributed by atoms with Gasteiger partial charge < -0.3 is 4.74 Å². The summed E-state index contributed by atoms with van der Waals surface area (Å²) in [5.74, 6) is -1.02. The lowest BCUT2D eigenvalue weighted by Crippen LogP contribution is -2.01. The topological polar surface area (TPSA) is 9.23 Å². The summed E-state index contributed by atoms with van der Waals surface area (Å²) >= 11 is 9.51. The van der Waals surface area contributed by atoms with Gasteiger partial charge in [0.05, 0.1) is 11.4 Å². The second-order valence-electron chi connectivity index (χ2n) is 4.59. The van der Waals surface area contributed by atoms with E-state index in [0.29, 0.717) is 17.4 Å². The van der Waals surface area contributed by atoms with Gasteiger partial charge in [0.1, 0.15) is 5.75 Å². The molecular weight excluding hydrogens is 350 g/mol. The minimum atomic E-state index is -0.869. The van der Waals surface area contributed by atoms with E-state index in [0.717, 1.165) is 23.6 Å². The fraction of sp³-hybridized carbons (Fsp3) is 0.200. The smallest absolute Gasteiger partial charge is 0.163 e.